The minimum Gasteiger partial charge on any atom is -0.394 e. The lowest BCUT2D eigenvalue weighted by Crippen LogP contribution is -2.50. The van der Waals surface area contributed by atoms with E-state index < -0.39 is 18.2 Å². The summed E-state index contributed by atoms with van der Waals surface area (Å²) in [4.78, 5) is 12.4. The topological polar surface area (TPSA) is 89.8 Å². The van der Waals surface area contributed by atoms with Gasteiger partial charge in [-0.25, -0.2) is 0 Å². The number of hydrogen-bond donors (Lipinski definition) is 4. The summed E-state index contributed by atoms with van der Waals surface area (Å²) in [7, 11) is 0. The van der Waals surface area contributed by atoms with Crippen LogP contribution in [0.15, 0.2) is 24.3 Å². The van der Waals surface area contributed by atoms with E-state index >= 15 is 0 Å². The fraction of sp³-hybridized carbons (Fsp3) is 0.878. The number of unbranched alkanes of at least 4 members (excludes halogenated alkanes) is 24. The van der Waals surface area contributed by atoms with Gasteiger partial charge in [0.1, 0.15) is 6.10 Å². The number of hydrogen-bond acceptors (Lipinski definition) is 4. The quantitative estimate of drug-likeness (QED) is 0.0401. The molecule has 0 spiro atoms. The van der Waals surface area contributed by atoms with E-state index in [0.29, 0.717) is 12.8 Å². The van der Waals surface area contributed by atoms with Gasteiger partial charge in [0.25, 0.3) is 0 Å². The van der Waals surface area contributed by atoms with Crippen molar-refractivity contribution in [1.82, 2.24) is 5.32 Å². The molecular weight excluding hydrogens is 570 g/mol. The van der Waals surface area contributed by atoms with Gasteiger partial charge in [0.15, 0.2) is 0 Å². The Morgan fingerprint density at radius 1 is 0.522 bits per heavy atom. The van der Waals surface area contributed by atoms with Crippen LogP contribution < -0.4 is 5.32 Å². The molecular formula is C41H79NO4. The third-order valence-electron chi connectivity index (χ3n) is 9.28. The predicted octanol–water partition coefficient (Wildman–Crippen LogP) is 11.0. The van der Waals surface area contributed by atoms with Crippen molar-refractivity contribution in [3.05, 3.63) is 24.3 Å². The normalized spacial score (nSPS) is 13.9. The minimum atomic E-state index is -1.16. The highest BCUT2D eigenvalue weighted by atomic mass is 16.3. The third kappa shape index (κ3) is 31.4. The largest absolute Gasteiger partial charge is 0.394 e. The molecule has 0 rings (SSSR count). The first kappa shape index (κ1) is 44.8. The number of nitrogens with one attached hydrogen (secondary N) is 1. The van der Waals surface area contributed by atoms with Crippen LogP contribution in [0.1, 0.15) is 206 Å². The zero-order valence-electron chi connectivity index (χ0n) is 30.7. The van der Waals surface area contributed by atoms with Crippen molar-refractivity contribution in [1.29, 1.82) is 0 Å². The second kappa shape index (κ2) is 36.7. The molecule has 0 radical (unpaired) electrons. The van der Waals surface area contributed by atoms with E-state index in [9.17, 15) is 20.1 Å². The van der Waals surface area contributed by atoms with Crippen LogP contribution in [0.2, 0.25) is 0 Å². The number of carbonyl (C=O) groups is 1. The summed E-state index contributed by atoms with van der Waals surface area (Å²) in [5.74, 6) is -0.159. The van der Waals surface area contributed by atoms with Crippen molar-refractivity contribution in [2.75, 3.05) is 6.61 Å². The highest BCUT2D eigenvalue weighted by molar-refractivity contribution is 5.76. The van der Waals surface area contributed by atoms with Crippen LogP contribution in [-0.4, -0.2) is 46.1 Å². The molecule has 0 fully saturated rings. The molecule has 0 saturated heterocycles. The standard InChI is InChI=1S/C41H79NO4/c1-3-5-7-9-11-13-15-17-18-19-20-21-22-24-26-28-30-32-34-36-40(45)42-38(37-43)41(46)39(44)35-33-31-29-27-25-23-16-14-12-10-8-6-4-2/h19-20,27,29,38-39,41,43-44,46H,3-18,21-26,28,30-37H2,1-2H3,(H,42,45)/b20-19-,29-27+. The maximum atomic E-state index is 12.4. The fourth-order valence-corrected chi connectivity index (χ4v) is 6.10. The van der Waals surface area contributed by atoms with E-state index in [-0.39, 0.29) is 12.5 Å². The molecule has 5 nitrogen and oxygen atoms in total. The molecule has 5 heteroatoms. The van der Waals surface area contributed by atoms with Crippen LogP contribution >= 0.6 is 0 Å². The third-order valence-corrected chi connectivity index (χ3v) is 9.28. The average molecular weight is 650 g/mol. The molecule has 0 aliphatic heterocycles. The molecule has 46 heavy (non-hydrogen) atoms. The van der Waals surface area contributed by atoms with Gasteiger partial charge in [-0.05, 0) is 64.2 Å². The van der Waals surface area contributed by atoms with Crippen LogP contribution in [0.5, 0.6) is 0 Å². The molecule has 0 aliphatic rings. The summed E-state index contributed by atoms with van der Waals surface area (Å²) in [5.41, 5.74) is 0. The molecule has 0 heterocycles. The molecule has 0 aliphatic carbocycles. The Labute approximate surface area is 286 Å². The van der Waals surface area contributed by atoms with Gasteiger partial charge in [-0.1, -0.05) is 160 Å². The van der Waals surface area contributed by atoms with E-state index in [1.807, 2.05) is 0 Å². The summed E-state index contributed by atoms with van der Waals surface area (Å²) in [6.07, 6.45) is 42.8. The smallest absolute Gasteiger partial charge is 0.220 e. The van der Waals surface area contributed by atoms with Gasteiger partial charge in [-0.2, -0.15) is 0 Å². The van der Waals surface area contributed by atoms with E-state index in [1.165, 1.54) is 141 Å². The van der Waals surface area contributed by atoms with Gasteiger partial charge in [0.2, 0.25) is 5.91 Å². The molecule has 272 valence electrons. The monoisotopic (exact) mass is 650 g/mol. The van der Waals surface area contributed by atoms with Crippen molar-refractivity contribution in [3.8, 4) is 0 Å². The Morgan fingerprint density at radius 2 is 0.870 bits per heavy atom. The average Bonchev–Trinajstić information content (AvgIpc) is 3.06. The summed E-state index contributed by atoms with van der Waals surface area (Å²) >= 11 is 0. The highest BCUT2D eigenvalue weighted by Crippen LogP contribution is 2.14. The number of allylic oxidation sites excluding steroid dienone is 4. The summed E-state index contributed by atoms with van der Waals surface area (Å²) in [5, 5.41) is 33.4. The van der Waals surface area contributed by atoms with Gasteiger partial charge in [-0.15, -0.1) is 0 Å². The van der Waals surface area contributed by atoms with E-state index in [2.05, 4.69) is 43.5 Å². The Balaban J connectivity index is 3.69. The first-order chi connectivity index (χ1) is 22.6. The number of carbonyl (C=O) groups excluding carboxylic acids is 1. The number of aliphatic hydroxyl groups excluding tert-OH is 3. The summed E-state index contributed by atoms with van der Waals surface area (Å²) < 4.78 is 0. The van der Waals surface area contributed by atoms with E-state index in [4.69, 9.17) is 0 Å². The maximum Gasteiger partial charge on any atom is 0.220 e. The molecule has 0 bridgehead atoms. The van der Waals surface area contributed by atoms with Crippen LogP contribution in [0, 0.1) is 0 Å². The SMILES string of the molecule is CCCCCCCCCC/C=C\CCCCCCCCCC(=O)NC(CO)C(O)C(O)CCC/C=C/CCCCCCCCCC. The Bertz CT molecular complexity index is 679. The highest BCUT2D eigenvalue weighted by Gasteiger charge is 2.26. The van der Waals surface area contributed by atoms with E-state index in [0.717, 1.165) is 38.5 Å². The lowest BCUT2D eigenvalue weighted by Gasteiger charge is -2.26. The van der Waals surface area contributed by atoms with Crippen LogP contribution in [0.3, 0.4) is 0 Å². The molecule has 0 aromatic carbocycles. The van der Waals surface area contributed by atoms with Crippen molar-refractivity contribution in [2.45, 2.75) is 225 Å². The maximum absolute atomic E-state index is 12.4. The van der Waals surface area contributed by atoms with Crippen molar-refractivity contribution in [3.63, 3.8) is 0 Å². The Hall–Kier alpha value is -1.17. The van der Waals surface area contributed by atoms with Crippen molar-refractivity contribution >= 4 is 5.91 Å². The minimum absolute atomic E-state index is 0.159. The second-order valence-corrected chi connectivity index (χ2v) is 13.8. The second-order valence-electron chi connectivity index (χ2n) is 13.8. The molecule has 1 amide bonds. The Morgan fingerprint density at radius 3 is 1.26 bits per heavy atom. The molecule has 4 N–H and O–H groups in total. The van der Waals surface area contributed by atoms with Gasteiger partial charge in [0, 0.05) is 6.42 Å². The number of aliphatic hydroxyl groups is 3. The van der Waals surface area contributed by atoms with Crippen LogP contribution in [0.25, 0.3) is 0 Å². The first-order valence-electron chi connectivity index (χ1n) is 20.1. The zero-order chi connectivity index (χ0) is 33.8. The molecule has 0 aromatic rings. The molecule has 0 aromatic heterocycles. The molecule has 3 atom stereocenters. The van der Waals surface area contributed by atoms with E-state index in [1.54, 1.807) is 0 Å². The molecule has 3 unspecified atom stereocenters. The lowest BCUT2D eigenvalue weighted by molar-refractivity contribution is -0.124. The predicted molar refractivity (Wildman–Crippen MR) is 199 cm³/mol. The van der Waals surface area contributed by atoms with Crippen molar-refractivity contribution in [2.24, 2.45) is 0 Å². The summed E-state index contributed by atoms with van der Waals surface area (Å²) in [6.45, 7) is 4.15. The van der Waals surface area contributed by atoms with Crippen LogP contribution in [-0.2, 0) is 4.79 Å². The summed E-state index contributed by atoms with van der Waals surface area (Å²) in [6, 6.07) is -0.825. The lowest BCUT2D eigenvalue weighted by atomic mass is 10.0. The van der Waals surface area contributed by atoms with Gasteiger partial charge in [0.05, 0.1) is 18.8 Å². The first-order valence-corrected chi connectivity index (χ1v) is 20.1. The Kier molecular flexibility index (Phi) is 35.7. The van der Waals surface area contributed by atoms with Gasteiger partial charge in [-0.3, -0.25) is 4.79 Å². The number of rotatable bonds is 36. The number of amides is 1. The van der Waals surface area contributed by atoms with Gasteiger partial charge >= 0.3 is 0 Å². The molecule has 0 saturated carbocycles. The fourth-order valence-electron chi connectivity index (χ4n) is 6.10. The van der Waals surface area contributed by atoms with Gasteiger partial charge < -0.3 is 20.6 Å². The van der Waals surface area contributed by atoms with Crippen molar-refractivity contribution < 1.29 is 20.1 Å². The zero-order valence-corrected chi connectivity index (χ0v) is 30.7. The van der Waals surface area contributed by atoms with Crippen LogP contribution in [0.4, 0.5) is 0 Å².